The second-order valence-corrected chi connectivity index (χ2v) is 2.69. The molecule has 0 rings (SSSR count). The highest BCUT2D eigenvalue weighted by molar-refractivity contribution is 6.18. The molecule has 0 aliphatic rings. The molecule has 0 aliphatic heterocycles. The smallest absolute Gasteiger partial charge is 0.210 e. The second-order valence-electron chi connectivity index (χ2n) is 2.42. The average molecular weight is 143 g/mol. The van der Waals surface area contributed by atoms with Gasteiger partial charge >= 0.3 is 0 Å². The maximum atomic E-state index is 11.7. The zero-order valence-corrected chi connectivity index (χ0v) is 5.67. The molecule has 8 heavy (non-hydrogen) atoms. The number of hydrogen-bond donors (Lipinski definition) is 0. The monoisotopic (exact) mass is 142 g/mol. The van der Waals surface area contributed by atoms with Gasteiger partial charge in [0.15, 0.2) is 0 Å². The molecular weight excluding hydrogens is 134 g/mol. The fourth-order valence-corrected chi connectivity index (χ4v) is 0.175. The van der Waals surface area contributed by atoms with Crippen molar-refractivity contribution < 1.29 is 8.78 Å². The van der Waals surface area contributed by atoms with E-state index in [2.05, 4.69) is 0 Å². The number of hydrogen-bond acceptors (Lipinski definition) is 0. The van der Waals surface area contributed by atoms with Crippen LogP contribution in [0.4, 0.5) is 8.78 Å². The molecule has 0 nitrogen and oxygen atoms in total. The summed E-state index contributed by atoms with van der Waals surface area (Å²) in [4.78, 5) is 0. The SMILES string of the molecule is CC(C)(CCl)C(F)F. The first-order chi connectivity index (χ1) is 3.50. The van der Waals surface area contributed by atoms with Crippen LogP contribution in [0.5, 0.6) is 0 Å². The average Bonchev–Trinajstić information content (AvgIpc) is 1.67. The Morgan fingerprint density at radius 1 is 1.50 bits per heavy atom. The molecule has 0 amide bonds. The zero-order valence-electron chi connectivity index (χ0n) is 4.92. The normalized spacial score (nSPS) is 12.8. The van der Waals surface area contributed by atoms with Crippen LogP contribution in [0.3, 0.4) is 0 Å². The fraction of sp³-hybridized carbons (Fsp3) is 1.00. The lowest BCUT2D eigenvalue weighted by molar-refractivity contribution is 0.0348. The third kappa shape index (κ3) is 1.95. The maximum absolute atomic E-state index is 11.7. The molecule has 0 aromatic heterocycles. The summed E-state index contributed by atoms with van der Waals surface area (Å²) < 4.78 is 23.5. The van der Waals surface area contributed by atoms with Crippen LogP contribution in [0.15, 0.2) is 0 Å². The lowest BCUT2D eigenvalue weighted by Gasteiger charge is -2.18. The minimum atomic E-state index is -2.32. The quantitative estimate of drug-likeness (QED) is 0.520. The van der Waals surface area contributed by atoms with Gasteiger partial charge in [0, 0.05) is 11.3 Å². The number of alkyl halides is 3. The molecule has 0 N–H and O–H groups in total. The molecule has 0 radical (unpaired) electrons. The van der Waals surface area contributed by atoms with Crippen molar-refractivity contribution in [2.24, 2.45) is 5.41 Å². The van der Waals surface area contributed by atoms with Crippen molar-refractivity contribution in [3.8, 4) is 0 Å². The summed E-state index contributed by atoms with van der Waals surface area (Å²) in [5.74, 6) is 0.00463. The highest BCUT2D eigenvalue weighted by Gasteiger charge is 2.27. The van der Waals surface area contributed by atoms with Crippen molar-refractivity contribution in [1.29, 1.82) is 0 Å². The molecular formula is C5H9ClF2. The summed E-state index contributed by atoms with van der Waals surface area (Å²) in [6, 6.07) is 0. The molecule has 0 fully saturated rings. The molecule has 0 saturated carbocycles. The first kappa shape index (κ1) is 8.15. The number of halogens is 3. The van der Waals surface area contributed by atoms with Gasteiger partial charge in [0.1, 0.15) is 0 Å². The van der Waals surface area contributed by atoms with Crippen LogP contribution in [0.1, 0.15) is 13.8 Å². The van der Waals surface area contributed by atoms with E-state index in [4.69, 9.17) is 11.6 Å². The van der Waals surface area contributed by atoms with Gasteiger partial charge in [-0.2, -0.15) is 0 Å². The predicted octanol–water partition coefficient (Wildman–Crippen LogP) is 2.52. The Hall–Kier alpha value is 0.150. The zero-order chi connectivity index (χ0) is 6.78. The summed E-state index contributed by atoms with van der Waals surface area (Å²) in [5, 5.41) is 0. The summed E-state index contributed by atoms with van der Waals surface area (Å²) >= 11 is 5.21. The third-order valence-electron chi connectivity index (χ3n) is 0.935. The van der Waals surface area contributed by atoms with Crippen LogP contribution in [0.2, 0.25) is 0 Å². The standard InChI is InChI=1S/C5H9ClF2/c1-5(2,3-6)4(7)8/h4H,3H2,1-2H3. The Labute approximate surface area is 52.8 Å². The van der Waals surface area contributed by atoms with Gasteiger partial charge in [-0.05, 0) is 0 Å². The molecule has 3 heteroatoms. The minimum absolute atomic E-state index is 0.00463. The largest absolute Gasteiger partial charge is 0.244 e. The topological polar surface area (TPSA) is 0 Å². The van der Waals surface area contributed by atoms with Gasteiger partial charge in [-0.25, -0.2) is 8.78 Å². The van der Waals surface area contributed by atoms with Gasteiger partial charge in [-0.1, -0.05) is 13.8 Å². The highest BCUT2D eigenvalue weighted by atomic mass is 35.5. The Balaban J connectivity index is 3.71. The first-order valence-electron chi connectivity index (χ1n) is 2.35. The van der Waals surface area contributed by atoms with Crippen molar-refractivity contribution in [2.75, 3.05) is 5.88 Å². The van der Waals surface area contributed by atoms with Crippen LogP contribution >= 0.6 is 11.6 Å². The van der Waals surface area contributed by atoms with E-state index >= 15 is 0 Å². The maximum Gasteiger partial charge on any atom is 0.244 e. The van der Waals surface area contributed by atoms with Gasteiger partial charge in [0.2, 0.25) is 6.43 Å². The lowest BCUT2D eigenvalue weighted by atomic mass is 9.98. The molecule has 0 heterocycles. The molecule has 0 aromatic rings. The van der Waals surface area contributed by atoms with E-state index in [0.29, 0.717) is 0 Å². The molecule has 0 bridgehead atoms. The van der Waals surface area contributed by atoms with Gasteiger partial charge in [0.25, 0.3) is 0 Å². The van der Waals surface area contributed by atoms with Gasteiger partial charge < -0.3 is 0 Å². The van der Waals surface area contributed by atoms with Crippen molar-refractivity contribution in [1.82, 2.24) is 0 Å². The van der Waals surface area contributed by atoms with Crippen LogP contribution in [0.25, 0.3) is 0 Å². The van der Waals surface area contributed by atoms with Crippen LogP contribution < -0.4 is 0 Å². The summed E-state index contributed by atoms with van der Waals surface area (Å²) in [7, 11) is 0. The van der Waals surface area contributed by atoms with Crippen LogP contribution in [-0.4, -0.2) is 12.3 Å². The molecule has 0 atom stereocenters. The van der Waals surface area contributed by atoms with Gasteiger partial charge in [0.05, 0.1) is 0 Å². The van der Waals surface area contributed by atoms with Gasteiger partial charge in [-0.3, -0.25) is 0 Å². The molecule has 0 aliphatic carbocycles. The Morgan fingerprint density at radius 3 is 1.88 bits per heavy atom. The first-order valence-corrected chi connectivity index (χ1v) is 2.88. The Kier molecular flexibility index (Phi) is 2.67. The van der Waals surface area contributed by atoms with E-state index in [9.17, 15) is 8.78 Å². The third-order valence-corrected chi connectivity index (χ3v) is 1.62. The Bertz CT molecular complexity index is 70.8. The van der Waals surface area contributed by atoms with E-state index in [1.54, 1.807) is 0 Å². The van der Waals surface area contributed by atoms with E-state index in [1.807, 2.05) is 0 Å². The van der Waals surface area contributed by atoms with Gasteiger partial charge in [-0.15, -0.1) is 11.6 Å². The van der Waals surface area contributed by atoms with E-state index in [0.717, 1.165) is 0 Å². The predicted molar refractivity (Wildman–Crippen MR) is 30.5 cm³/mol. The van der Waals surface area contributed by atoms with Crippen molar-refractivity contribution in [3.05, 3.63) is 0 Å². The minimum Gasteiger partial charge on any atom is -0.210 e. The van der Waals surface area contributed by atoms with Crippen LogP contribution in [0, 0.1) is 5.41 Å². The molecule has 0 aromatic carbocycles. The lowest BCUT2D eigenvalue weighted by Crippen LogP contribution is -2.23. The van der Waals surface area contributed by atoms with Crippen molar-refractivity contribution >= 4 is 11.6 Å². The second kappa shape index (κ2) is 2.62. The van der Waals surface area contributed by atoms with E-state index in [1.165, 1.54) is 13.8 Å². The molecule has 0 spiro atoms. The fourth-order valence-electron chi connectivity index (χ4n) is 0.0583. The summed E-state index contributed by atoms with van der Waals surface area (Å²) in [5.41, 5.74) is -1.03. The van der Waals surface area contributed by atoms with E-state index < -0.39 is 11.8 Å². The summed E-state index contributed by atoms with van der Waals surface area (Å²) in [6.45, 7) is 2.87. The van der Waals surface area contributed by atoms with Crippen molar-refractivity contribution in [2.45, 2.75) is 20.3 Å². The Morgan fingerprint density at radius 2 is 1.88 bits per heavy atom. The molecule has 50 valence electrons. The van der Waals surface area contributed by atoms with Crippen LogP contribution in [-0.2, 0) is 0 Å². The van der Waals surface area contributed by atoms with Crippen molar-refractivity contribution in [3.63, 3.8) is 0 Å². The molecule has 0 unspecified atom stereocenters. The van der Waals surface area contributed by atoms with E-state index in [-0.39, 0.29) is 5.88 Å². The highest BCUT2D eigenvalue weighted by Crippen LogP contribution is 2.25. The summed E-state index contributed by atoms with van der Waals surface area (Å²) in [6.07, 6.45) is -2.32. The number of rotatable bonds is 2. The molecule has 0 saturated heterocycles.